The van der Waals surface area contributed by atoms with Crippen LogP contribution in [-0.4, -0.2) is 43.6 Å². The van der Waals surface area contributed by atoms with Crippen molar-refractivity contribution in [2.45, 2.75) is 64.7 Å². The summed E-state index contributed by atoms with van der Waals surface area (Å²) >= 11 is 0. The summed E-state index contributed by atoms with van der Waals surface area (Å²) in [6.45, 7) is 8.19. The first-order chi connectivity index (χ1) is 13.4. The van der Waals surface area contributed by atoms with E-state index in [1.807, 2.05) is 44.2 Å². The first-order valence-electron chi connectivity index (χ1n) is 9.60. The van der Waals surface area contributed by atoms with E-state index in [0.29, 0.717) is 6.61 Å². The Bertz CT molecular complexity index is 696. The summed E-state index contributed by atoms with van der Waals surface area (Å²) in [7, 11) is -3.33. The summed E-state index contributed by atoms with van der Waals surface area (Å²) in [6, 6.07) is 9.86. The van der Waals surface area contributed by atoms with E-state index in [2.05, 4.69) is 0 Å². The fraction of sp³-hybridized carbons (Fsp3) is 0.600. The summed E-state index contributed by atoms with van der Waals surface area (Å²) < 4.78 is 47.3. The lowest BCUT2D eigenvalue weighted by Crippen LogP contribution is -2.36. The zero-order valence-corrected chi connectivity index (χ0v) is 17.7. The van der Waals surface area contributed by atoms with Crippen molar-refractivity contribution in [2.24, 2.45) is 0 Å². The van der Waals surface area contributed by atoms with Crippen LogP contribution in [0.5, 0.6) is 0 Å². The van der Waals surface area contributed by atoms with Crippen LogP contribution in [0.4, 0.5) is 0 Å². The molecule has 2 saturated heterocycles. The van der Waals surface area contributed by atoms with Gasteiger partial charge >= 0.3 is 7.60 Å². The summed E-state index contributed by atoms with van der Waals surface area (Å²) in [5.74, 6) is 0.694. The number of hydrogen-bond donors (Lipinski definition) is 0. The van der Waals surface area contributed by atoms with Crippen molar-refractivity contribution < 1.29 is 32.6 Å². The maximum absolute atomic E-state index is 12.7. The molecular weight excluding hydrogens is 383 g/mol. The minimum atomic E-state index is -3.33. The fourth-order valence-electron chi connectivity index (χ4n) is 3.29. The molecule has 0 bridgehead atoms. The molecule has 28 heavy (non-hydrogen) atoms. The zero-order valence-electron chi connectivity index (χ0n) is 16.8. The largest absolute Gasteiger partial charge is 0.368 e. The normalized spacial score (nSPS) is 29.4. The second kappa shape index (κ2) is 9.18. The van der Waals surface area contributed by atoms with Gasteiger partial charge in [0.15, 0.2) is 12.1 Å². The molecule has 8 heteroatoms. The number of rotatable bonds is 9. The van der Waals surface area contributed by atoms with Gasteiger partial charge in [0, 0.05) is 5.82 Å². The van der Waals surface area contributed by atoms with Crippen molar-refractivity contribution in [2.75, 3.05) is 13.2 Å². The first kappa shape index (κ1) is 21.7. The third kappa shape index (κ3) is 5.30. The Balaban J connectivity index is 1.74. The highest BCUT2D eigenvalue weighted by Crippen LogP contribution is 2.50. The molecule has 0 saturated carbocycles. The lowest BCUT2D eigenvalue weighted by molar-refractivity contribution is -0.213. The maximum Gasteiger partial charge on any atom is 0.353 e. The van der Waals surface area contributed by atoms with Crippen molar-refractivity contribution in [3.63, 3.8) is 0 Å². The Labute approximate surface area is 166 Å². The Morgan fingerprint density at radius 1 is 1.11 bits per heavy atom. The van der Waals surface area contributed by atoms with Crippen LogP contribution in [0.25, 0.3) is 0 Å². The number of ether oxygens (including phenoxy) is 4. The summed E-state index contributed by atoms with van der Waals surface area (Å²) in [5.41, 5.74) is 1.04. The van der Waals surface area contributed by atoms with E-state index in [-0.39, 0.29) is 19.3 Å². The standard InChI is InChI=1S/C20H29O7P/c1-5-23-28(21,24-6-2)13-12-16-17(22-14-15-10-8-7-9-11-15)18-19(25-16)27-20(3,4)26-18/h7-13,16-19H,5-6,14H2,1-4H3/b13-12+/t16-,17-,18+,19+/m1/s1. The molecule has 3 rings (SSSR count). The maximum atomic E-state index is 12.7. The minimum Gasteiger partial charge on any atom is -0.368 e. The van der Waals surface area contributed by atoms with Gasteiger partial charge in [-0.15, -0.1) is 0 Å². The van der Waals surface area contributed by atoms with E-state index >= 15 is 0 Å². The van der Waals surface area contributed by atoms with Gasteiger partial charge < -0.3 is 28.0 Å². The van der Waals surface area contributed by atoms with E-state index in [0.717, 1.165) is 5.56 Å². The third-order valence-corrected chi connectivity index (χ3v) is 6.16. The van der Waals surface area contributed by atoms with Crippen LogP contribution in [0.1, 0.15) is 33.3 Å². The van der Waals surface area contributed by atoms with E-state index in [4.69, 9.17) is 28.0 Å². The molecule has 2 aliphatic rings. The van der Waals surface area contributed by atoms with Crippen LogP contribution in [-0.2, 0) is 39.2 Å². The van der Waals surface area contributed by atoms with Gasteiger partial charge in [-0.1, -0.05) is 30.3 Å². The minimum absolute atomic E-state index is 0.284. The second-order valence-corrected chi connectivity index (χ2v) is 8.94. The molecule has 2 heterocycles. The van der Waals surface area contributed by atoms with Gasteiger partial charge in [-0.05, 0) is 39.3 Å². The molecule has 0 unspecified atom stereocenters. The molecular formula is C20H29O7P. The predicted molar refractivity (Wildman–Crippen MR) is 104 cm³/mol. The molecule has 1 aromatic carbocycles. The predicted octanol–water partition coefficient (Wildman–Crippen LogP) is 4.23. The zero-order chi connectivity index (χ0) is 20.2. The van der Waals surface area contributed by atoms with Crippen LogP contribution < -0.4 is 0 Å². The van der Waals surface area contributed by atoms with E-state index in [1.54, 1.807) is 19.9 Å². The highest BCUT2D eigenvalue weighted by Gasteiger charge is 2.54. The smallest absolute Gasteiger partial charge is 0.353 e. The Morgan fingerprint density at radius 2 is 1.79 bits per heavy atom. The first-order valence-corrected chi connectivity index (χ1v) is 11.2. The van der Waals surface area contributed by atoms with Crippen LogP contribution in [0.3, 0.4) is 0 Å². The average Bonchev–Trinajstić information content (AvgIpc) is 3.11. The monoisotopic (exact) mass is 412 g/mol. The van der Waals surface area contributed by atoms with Crippen LogP contribution in [0.2, 0.25) is 0 Å². The third-order valence-electron chi connectivity index (χ3n) is 4.39. The summed E-state index contributed by atoms with van der Waals surface area (Å²) in [6.07, 6.45) is -0.181. The topological polar surface area (TPSA) is 72.5 Å². The molecule has 156 valence electrons. The summed E-state index contributed by atoms with van der Waals surface area (Å²) in [4.78, 5) is 0. The molecule has 7 nitrogen and oxygen atoms in total. The van der Waals surface area contributed by atoms with Crippen LogP contribution >= 0.6 is 7.60 Å². The molecule has 0 amide bonds. The molecule has 0 aliphatic carbocycles. The van der Waals surface area contributed by atoms with E-state index < -0.39 is 31.9 Å². The SMILES string of the molecule is CCOP(=O)(/C=C/[C@H]1O[C@H]2OC(C)(C)O[C@H]2[C@@H]1OCc1ccccc1)OCC. The quantitative estimate of drug-likeness (QED) is 0.562. The van der Waals surface area contributed by atoms with E-state index in [1.165, 1.54) is 5.82 Å². The Kier molecular flexibility index (Phi) is 7.10. The van der Waals surface area contributed by atoms with Crippen molar-refractivity contribution in [1.82, 2.24) is 0 Å². The van der Waals surface area contributed by atoms with Crippen molar-refractivity contribution >= 4 is 7.60 Å². The molecule has 2 fully saturated rings. The lowest BCUT2D eigenvalue weighted by atomic mass is 10.1. The van der Waals surface area contributed by atoms with Gasteiger partial charge in [0.2, 0.25) is 0 Å². The van der Waals surface area contributed by atoms with Gasteiger partial charge in [-0.2, -0.15) is 0 Å². The molecule has 1 aromatic rings. The molecule has 4 atom stereocenters. The second-order valence-electron chi connectivity index (χ2n) is 7.05. The van der Waals surface area contributed by atoms with Crippen molar-refractivity contribution in [3.05, 3.63) is 47.8 Å². The molecule has 0 radical (unpaired) electrons. The highest BCUT2D eigenvalue weighted by atomic mass is 31.2. The highest BCUT2D eigenvalue weighted by molar-refractivity contribution is 7.57. The molecule has 0 spiro atoms. The molecule has 2 aliphatic heterocycles. The van der Waals surface area contributed by atoms with Gasteiger partial charge in [-0.3, -0.25) is 4.57 Å². The fourth-order valence-corrected chi connectivity index (χ4v) is 4.64. The van der Waals surface area contributed by atoms with Crippen molar-refractivity contribution in [3.8, 4) is 0 Å². The average molecular weight is 412 g/mol. The van der Waals surface area contributed by atoms with E-state index in [9.17, 15) is 4.57 Å². The molecule has 0 aromatic heterocycles. The van der Waals surface area contributed by atoms with Gasteiger partial charge in [0.25, 0.3) is 0 Å². The van der Waals surface area contributed by atoms with Crippen LogP contribution in [0, 0.1) is 0 Å². The lowest BCUT2D eigenvalue weighted by Gasteiger charge is -2.25. The summed E-state index contributed by atoms with van der Waals surface area (Å²) in [5, 5.41) is 0. The van der Waals surface area contributed by atoms with Crippen molar-refractivity contribution in [1.29, 1.82) is 0 Å². The van der Waals surface area contributed by atoms with Gasteiger partial charge in [0.05, 0.1) is 19.8 Å². The van der Waals surface area contributed by atoms with Gasteiger partial charge in [-0.25, -0.2) is 0 Å². The Hall–Kier alpha value is -1.05. The number of hydrogen-bond acceptors (Lipinski definition) is 7. The Morgan fingerprint density at radius 3 is 2.43 bits per heavy atom. The number of benzene rings is 1. The van der Waals surface area contributed by atoms with Gasteiger partial charge in [0.1, 0.15) is 18.3 Å². The van der Waals surface area contributed by atoms with Crippen LogP contribution in [0.15, 0.2) is 42.2 Å². The molecule has 0 N–H and O–H groups in total. The number of fused-ring (bicyclic) bond motifs is 1.